The van der Waals surface area contributed by atoms with Crippen LogP contribution in [0.1, 0.15) is 45.2 Å². The van der Waals surface area contributed by atoms with E-state index in [1.54, 1.807) is 6.07 Å². The number of carbonyl (C=O) groups is 1. The number of pyridine rings is 1. The average Bonchev–Trinajstić information content (AvgIpc) is 2.39. The summed E-state index contributed by atoms with van der Waals surface area (Å²) in [6, 6.07) is 3.17. The van der Waals surface area contributed by atoms with Crippen LogP contribution in [-0.4, -0.2) is 17.6 Å². The quantitative estimate of drug-likeness (QED) is 0.663. The lowest BCUT2D eigenvalue weighted by Crippen LogP contribution is -2.31. The second kappa shape index (κ2) is 8.34. The minimum absolute atomic E-state index is 0.251. The van der Waals surface area contributed by atoms with Gasteiger partial charge in [0.15, 0.2) is 0 Å². The lowest BCUT2D eigenvalue weighted by atomic mass is 10.2. The van der Waals surface area contributed by atoms with Gasteiger partial charge < -0.3 is 15.6 Å². The molecule has 0 radical (unpaired) electrons. The predicted octanol–water partition coefficient (Wildman–Crippen LogP) is 2.64. The molecule has 1 rings (SSSR count). The highest BCUT2D eigenvalue weighted by molar-refractivity contribution is 5.88. The molecule has 0 aliphatic carbocycles. The van der Waals surface area contributed by atoms with E-state index in [2.05, 4.69) is 29.5 Å². The fourth-order valence-corrected chi connectivity index (χ4v) is 1.67. The molecular weight excluding hydrogens is 242 g/mol. The molecular formula is C14H23N3O2. The number of carbonyl (C=O) groups excluding carboxylic acids is 1. The van der Waals surface area contributed by atoms with Gasteiger partial charge in [0.05, 0.1) is 0 Å². The van der Waals surface area contributed by atoms with Crippen LogP contribution < -0.4 is 16.2 Å². The van der Waals surface area contributed by atoms with Crippen molar-refractivity contribution in [2.45, 2.75) is 46.0 Å². The summed E-state index contributed by atoms with van der Waals surface area (Å²) in [6.45, 7) is 4.78. The molecule has 0 saturated carbocycles. The van der Waals surface area contributed by atoms with Crippen molar-refractivity contribution in [3.63, 3.8) is 0 Å². The van der Waals surface area contributed by atoms with Crippen molar-refractivity contribution in [1.82, 2.24) is 10.3 Å². The number of aromatic amines is 1. The van der Waals surface area contributed by atoms with Gasteiger partial charge >= 0.3 is 6.03 Å². The highest BCUT2D eigenvalue weighted by Gasteiger charge is 2.05. The van der Waals surface area contributed by atoms with E-state index in [0.717, 1.165) is 37.8 Å². The largest absolute Gasteiger partial charge is 0.338 e. The monoisotopic (exact) mass is 265 g/mol. The Hall–Kier alpha value is -1.78. The molecule has 19 heavy (non-hydrogen) atoms. The van der Waals surface area contributed by atoms with Crippen molar-refractivity contribution in [3.8, 4) is 0 Å². The van der Waals surface area contributed by atoms with Crippen molar-refractivity contribution < 1.29 is 4.79 Å². The van der Waals surface area contributed by atoms with Gasteiger partial charge in [-0.25, -0.2) is 4.79 Å². The number of aryl methyl sites for hydroxylation is 1. The van der Waals surface area contributed by atoms with Crippen LogP contribution in [0, 0.1) is 0 Å². The summed E-state index contributed by atoms with van der Waals surface area (Å²) in [4.78, 5) is 26.1. The number of amides is 2. The lowest BCUT2D eigenvalue weighted by molar-refractivity contribution is 0.252. The Labute approximate surface area is 113 Å². The number of hydrogen-bond donors (Lipinski definition) is 3. The second-order valence-corrected chi connectivity index (χ2v) is 4.56. The van der Waals surface area contributed by atoms with Crippen LogP contribution in [-0.2, 0) is 6.42 Å². The van der Waals surface area contributed by atoms with Crippen molar-refractivity contribution in [2.24, 2.45) is 0 Å². The normalized spacial score (nSPS) is 10.2. The van der Waals surface area contributed by atoms with Crippen molar-refractivity contribution >= 4 is 11.7 Å². The fourth-order valence-electron chi connectivity index (χ4n) is 1.67. The Bertz CT molecular complexity index is 454. The summed E-state index contributed by atoms with van der Waals surface area (Å²) in [5.41, 5.74) is 0.942. The summed E-state index contributed by atoms with van der Waals surface area (Å²) >= 11 is 0. The van der Waals surface area contributed by atoms with Gasteiger partial charge in [-0.05, 0) is 31.4 Å². The number of anilines is 1. The Balaban J connectivity index is 2.54. The lowest BCUT2D eigenvalue weighted by Gasteiger charge is -2.07. The first-order chi connectivity index (χ1) is 9.17. The fraction of sp³-hybridized carbons (Fsp3) is 0.571. The molecule has 0 aliphatic rings. The van der Waals surface area contributed by atoms with E-state index in [1.165, 1.54) is 0 Å². The van der Waals surface area contributed by atoms with Crippen LogP contribution in [0.25, 0.3) is 0 Å². The van der Waals surface area contributed by atoms with Gasteiger partial charge in [0.25, 0.3) is 5.56 Å². The molecule has 0 saturated heterocycles. The number of urea groups is 1. The van der Waals surface area contributed by atoms with Gasteiger partial charge in [-0.1, -0.05) is 26.7 Å². The zero-order chi connectivity index (χ0) is 14.1. The first kappa shape index (κ1) is 15.3. The summed E-state index contributed by atoms with van der Waals surface area (Å²) in [5, 5.41) is 5.26. The molecule has 106 valence electrons. The molecule has 1 aromatic rings. The molecule has 0 fully saturated rings. The van der Waals surface area contributed by atoms with Gasteiger partial charge in [0, 0.05) is 12.2 Å². The maximum absolute atomic E-state index is 11.8. The number of H-pyrrole nitrogens is 1. The third-order valence-corrected chi connectivity index (χ3v) is 2.83. The molecule has 0 spiro atoms. The summed E-state index contributed by atoms with van der Waals surface area (Å²) in [6.07, 6.45) is 4.93. The molecule has 0 unspecified atom stereocenters. The highest BCUT2D eigenvalue weighted by Crippen LogP contribution is 2.04. The molecule has 5 nitrogen and oxygen atoms in total. The maximum atomic E-state index is 11.8. The summed E-state index contributed by atoms with van der Waals surface area (Å²) < 4.78 is 0. The zero-order valence-electron chi connectivity index (χ0n) is 11.7. The van der Waals surface area contributed by atoms with E-state index in [0.29, 0.717) is 6.54 Å². The molecule has 3 N–H and O–H groups in total. The summed E-state index contributed by atoms with van der Waals surface area (Å²) in [5.74, 6) is 0. The van der Waals surface area contributed by atoms with Gasteiger partial charge in [-0.15, -0.1) is 0 Å². The zero-order valence-corrected chi connectivity index (χ0v) is 11.7. The van der Waals surface area contributed by atoms with Crippen molar-refractivity contribution in [2.75, 3.05) is 11.9 Å². The maximum Gasteiger partial charge on any atom is 0.319 e. The number of hydrogen-bond acceptors (Lipinski definition) is 2. The van der Waals surface area contributed by atoms with Crippen molar-refractivity contribution in [3.05, 3.63) is 28.2 Å². The van der Waals surface area contributed by atoms with Gasteiger partial charge in [0.2, 0.25) is 0 Å². The SMILES string of the molecule is CCCCNC(=O)Nc1ccc(CCCC)[nH]c1=O. The molecule has 5 heteroatoms. The molecule has 0 atom stereocenters. The number of rotatable bonds is 7. The third-order valence-electron chi connectivity index (χ3n) is 2.83. The Morgan fingerprint density at radius 1 is 1.21 bits per heavy atom. The Kier molecular flexibility index (Phi) is 6.71. The van der Waals surface area contributed by atoms with E-state index in [9.17, 15) is 9.59 Å². The van der Waals surface area contributed by atoms with Gasteiger partial charge in [-0.3, -0.25) is 4.79 Å². The number of aromatic nitrogens is 1. The van der Waals surface area contributed by atoms with Crippen LogP contribution in [0.2, 0.25) is 0 Å². The molecule has 1 aromatic heterocycles. The average molecular weight is 265 g/mol. The molecule has 0 aliphatic heterocycles. The van der Waals surface area contributed by atoms with E-state index in [-0.39, 0.29) is 17.3 Å². The molecule has 0 aromatic carbocycles. The number of unbranched alkanes of at least 4 members (excludes halogenated alkanes) is 2. The van der Waals surface area contributed by atoms with E-state index < -0.39 is 0 Å². The Morgan fingerprint density at radius 3 is 2.58 bits per heavy atom. The van der Waals surface area contributed by atoms with E-state index >= 15 is 0 Å². The molecule has 2 amide bonds. The van der Waals surface area contributed by atoms with Crippen LogP contribution in [0.5, 0.6) is 0 Å². The minimum atomic E-state index is -0.333. The first-order valence-electron chi connectivity index (χ1n) is 6.94. The van der Waals surface area contributed by atoms with Crippen LogP contribution >= 0.6 is 0 Å². The van der Waals surface area contributed by atoms with Crippen molar-refractivity contribution in [1.29, 1.82) is 0 Å². The van der Waals surface area contributed by atoms with Gasteiger partial charge in [-0.2, -0.15) is 0 Å². The third kappa shape index (κ3) is 5.59. The molecule has 0 bridgehead atoms. The Morgan fingerprint density at radius 2 is 1.95 bits per heavy atom. The smallest absolute Gasteiger partial charge is 0.319 e. The topological polar surface area (TPSA) is 74.0 Å². The van der Waals surface area contributed by atoms with Gasteiger partial charge in [0.1, 0.15) is 5.69 Å². The highest BCUT2D eigenvalue weighted by atomic mass is 16.2. The standard InChI is InChI=1S/C14H23N3O2/c1-3-5-7-11-8-9-12(13(18)16-11)17-14(19)15-10-6-4-2/h8-9H,3-7,10H2,1-2H3,(H,16,18)(H2,15,17,19). The number of nitrogens with one attached hydrogen (secondary N) is 3. The first-order valence-corrected chi connectivity index (χ1v) is 6.94. The van der Waals surface area contributed by atoms with Crippen LogP contribution in [0.15, 0.2) is 16.9 Å². The minimum Gasteiger partial charge on any atom is -0.338 e. The second-order valence-electron chi connectivity index (χ2n) is 4.56. The van der Waals surface area contributed by atoms with Crippen LogP contribution in [0.3, 0.4) is 0 Å². The molecule has 1 heterocycles. The van der Waals surface area contributed by atoms with Crippen LogP contribution in [0.4, 0.5) is 10.5 Å². The van der Waals surface area contributed by atoms with E-state index in [4.69, 9.17) is 0 Å². The van der Waals surface area contributed by atoms with E-state index in [1.807, 2.05) is 6.07 Å². The predicted molar refractivity (Wildman–Crippen MR) is 77.6 cm³/mol. The summed E-state index contributed by atoms with van der Waals surface area (Å²) in [7, 11) is 0.